The zero-order valence-corrected chi connectivity index (χ0v) is 16.8. The van der Waals surface area contributed by atoms with Crippen molar-refractivity contribution in [1.29, 1.82) is 5.26 Å². The van der Waals surface area contributed by atoms with Crippen molar-refractivity contribution in [2.45, 2.75) is 18.6 Å². The highest BCUT2D eigenvalue weighted by Gasteiger charge is 2.54. The molecule has 1 fully saturated rings. The van der Waals surface area contributed by atoms with Crippen LogP contribution in [0.2, 0.25) is 5.02 Å². The van der Waals surface area contributed by atoms with E-state index in [1.54, 1.807) is 6.07 Å². The van der Waals surface area contributed by atoms with E-state index >= 15 is 0 Å². The fraction of sp³-hybridized carbons (Fsp3) is 0.250. The third-order valence-corrected chi connectivity index (χ3v) is 5.47. The number of methoxy groups -OCH3 is 1. The third kappa shape index (κ3) is 3.13. The second-order valence-corrected chi connectivity index (χ2v) is 7.15. The van der Waals surface area contributed by atoms with Crippen molar-refractivity contribution in [2.24, 2.45) is 0 Å². The SMILES string of the molecule is COc1ccc(C2(C)C(=O)N(c3ccc(C#N)c(C(F)(F)F)c3)C(=O)N2C)cc1Cl. The molecule has 0 aromatic heterocycles. The Labute approximate surface area is 175 Å². The molecule has 0 N–H and O–H groups in total. The number of ether oxygens (including phenoxy) is 1. The summed E-state index contributed by atoms with van der Waals surface area (Å²) in [4.78, 5) is 27.9. The molecule has 3 rings (SSSR count). The molecule has 1 saturated heterocycles. The Morgan fingerprint density at radius 3 is 2.37 bits per heavy atom. The first-order chi connectivity index (χ1) is 14.0. The van der Waals surface area contributed by atoms with Gasteiger partial charge < -0.3 is 9.64 Å². The lowest BCUT2D eigenvalue weighted by atomic mass is 9.90. The van der Waals surface area contributed by atoms with E-state index in [1.807, 2.05) is 0 Å². The van der Waals surface area contributed by atoms with Crippen LogP contribution >= 0.6 is 11.6 Å². The highest BCUT2D eigenvalue weighted by atomic mass is 35.5. The lowest BCUT2D eigenvalue weighted by molar-refractivity contribution is -0.137. The van der Waals surface area contributed by atoms with Gasteiger partial charge in [0.25, 0.3) is 5.91 Å². The molecule has 1 aliphatic heterocycles. The number of likely N-dealkylation sites (N-methyl/N-ethyl adjacent to an activating group) is 1. The highest BCUT2D eigenvalue weighted by Crippen LogP contribution is 2.42. The van der Waals surface area contributed by atoms with Gasteiger partial charge in [-0.2, -0.15) is 18.4 Å². The van der Waals surface area contributed by atoms with Crippen molar-refractivity contribution in [3.05, 3.63) is 58.1 Å². The summed E-state index contributed by atoms with van der Waals surface area (Å²) >= 11 is 6.15. The average molecular weight is 438 g/mol. The van der Waals surface area contributed by atoms with Crippen molar-refractivity contribution in [3.8, 4) is 11.8 Å². The molecule has 1 unspecified atom stereocenters. The first kappa shape index (κ1) is 21.5. The van der Waals surface area contributed by atoms with E-state index in [9.17, 15) is 22.8 Å². The molecule has 1 aliphatic rings. The second kappa shape index (κ2) is 7.22. The standard InChI is InChI=1S/C20H15ClF3N3O3/c1-19(12-5-7-16(30-3)15(21)8-12)17(28)27(18(29)26(19)2)13-6-4-11(10-25)14(9-13)20(22,23)24/h4-9H,1-3H3. The number of nitrogens with zero attached hydrogens (tertiary/aromatic N) is 3. The van der Waals surface area contributed by atoms with Gasteiger partial charge in [0.15, 0.2) is 0 Å². The second-order valence-electron chi connectivity index (χ2n) is 6.74. The molecule has 2 aromatic carbocycles. The highest BCUT2D eigenvalue weighted by molar-refractivity contribution is 6.32. The summed E-state index contributed by atoms with van der Waals surface area (Å²) in [5.41, 5.74) is -3.28. The summed E-state index contributed by atoms with van der Waals surface area (Å²) in [6.45, 7) is 1.47. The minimum Gasteiger partial charge on any atom is -0.495 e. The summed E-state index contributed by atoms with van der Waals surface area (Å²) in [7, 11) is 2.79. The molecule has 0 aliphatic carbocycles. The van der Waals surface area contributed by atoms with Gasteiger partial charge in [0.2, 0.25) is 0 Å². The number of alkyl halides is 3. The predicted molar refractivity (Wildman–Crippen MR) is 102 cm³/mol. The molecular weight excluding hydrogens is 423 g/mol. The van der Waals surface area contributed by atoms with Gasteiger partial charge in [-0.3, -0.25) is 4.79 Å². The lowest BCUT2D eigenvalue weighted by Crippen LogP contribution is -2.42. The van der Waals surface area contributed by atoms with Crippen molar-refractivity contribution in [3.63, 3.8) is 0 Å². The fourth-order valence-corrected chi connectivity index (χ4v) is 3.56. The molecule has 6 nitrogen and oxygen atoms in total. The van der Waals surface area contributed by atoms with Crippen LogP contribution in [0.5, 0.6) is 5.75 Å². The molecule has 1 heterocycles. The molecule has 0 bridgehead atoms. The maximum absolute atomic E-state index is 13.3. The van der Waals surface area contributed by atoms with E-state index in [0.29, 0.717) is 22.3 Å². The lowest BCUT2D eigenvalue weighted by Gasteiger charge is -2.29. The number of anilines is 1. The molecule has 2 aromatic rings. The zero-order valence-electron chi connectivity index (χ0n) is 16.0. The van der Waals surface area contributed by atoms with E-state index in [-0.39, 0.29) is 10.7 Å². The Morgan fingerprint density at radius 2 is 1.83 bits per heavy atom. The molecule has 0 radical (unpaired) electrons. The first-order valence-electron chi connectivity index (χ1n) is 8.54. The Bertz CT molecular complexity index is 1100. The van der Waals surface area contributed by atoms with Crippen LogP contribution in [0.4, 0.5) is 23.7 Å². The van der Waals surface area contributed by atoms with Crippen LogP contribution < -0.4 is 9.64 Å². The van der Waals surface area contributed by atoms with Gasteiger partial charge in [0.1, 0.15) is 11.3 Å². The van der Waals surface area contributed by atoms with E-state index in [1.165, 1.54) is 39.3 Å². The predicted octanol–water partition coefficient (Wildman–Crippen LogP) is 4.55. The van der Waals surface area contributed by atoms with Crippen molar-refractivity contribution >= 4 is 29.2 Å². The van der Waals surface area contributed by atoms with Crippen molar-refractivity contribution in [2.75, 3.05) is 19.1 Å². The average Bonchev–Trinajstić information content (AvgIpc) is 2.87. The Hall–Kier alpha value is -3.25. The number of benzene rings is 2. The molecule has 1 atom stereocenters. The Kier molecular flexibility index (Phi) is 5.16. The first-order valence-corrected chi connectivity index (χ1v) is 8.92. The number of amides is 3. The Balaban J connectivity index is 2.12. The maximum atomic E-state index is 13.3. The van der Waals surface area contributed by atoms with Crippen LogP contribution in [0.15, 0.2) is 36.4 Å². The largest absolute Gasteiger partial charge is 0.495 e. The number of nitriles is 1. The summed E-state index contributed by atoms with van der Waals surface area (Å²) in [5, 5.41) is 9.17. The molecule has 156 valence electrons. The molecule has 30 heavy (non-hydrogen) atoms. The van der Waals surface area contributed by atoms with E-state index in [4.69, 9.17) is 21.6 Å². The number of hydrogen-bond acceptors (Lipinski definition) is 4. The van der Waals surface area contributed by atoms with Gasteiger partial charge in [-0.1, -0.05) is 17.7 Å². The number of carbonyl (C=O) groups is 2. The zero-order chi connectivity index (χ0) is 22.4. The van der Waals surface area contributed by atoms with Crippen LogP contribution in [0.1, 0.15) is 23.6 Å². The minimum atomic E-state index is -4.83. The maximum Gasteiger partial charge on any atom is 0.417 e. The number of carbonyl (C=O) groups excluding carboxylic acids is 2. The topological polar surface area (TPSA) is 73.6 Å². The van der Waals surface area contributed by atoms with Gasteiger partial charge in [-0.05, 0) is 42.8 Å². The molecule has 3 amide bonds. The monoisotopic (exact) mass is 437 g/mol. The van der Waals surface area contributed by atoms with Crippen LogP contribution in [-0.4, -0.2) is 31.0 Å². The van der Waals surface area contributed by atoms with Gasteiger partial charge >= 0.3 is 12.2 Å². The van der Waals surface area contributed by atoms with Crippen LogP contribution in [0, 0.1) is 11.3 Å². The normalized spacial score (nSPS) is 19.3. The van der Waals surface area contributed by atoms with E-state index < -0.39 is 34.8 Å². The number of halogens is 4. The molecule has 0 saturated carbocycles. The quantitative estimate of drug-likeness (QED) is 0.660. The van der Waals surface area contributed by atoms with Gasteiger partial charge in [-0.15, -0.1) is 0 Å². The van der Waals surface area contributed by atoms with Crippen molar-refractivity contribution in [1.82, 2.24) is 4.90 Å². The number of hydrogen-bond donors (Lipinski definition) is 0. The smallest absolute Gasteiger partial charge is 0.417 e. The van der Waals surface area contributed by atoms with Crippen LogP contribution in [-0.2, 0) is 16.5 Å². The number of urea groups is 1. The van der Waals surface area contributed by atoms with Gasteiger partial charge in [0.05, 0.1) is 35.0 Å². The van der Waals surface area contributed by atoms with Crippen LogP contribution in [0.25, 0.3) is 0 Å². The van der Waals surface area contributed by atoms with Crippen molar-refractivity contribution < 1.29 is 27.5 Å². The summed E-state index contributed by atoms with van der Waals surface area (Å²) in [6.07, 6.45) is -4.83. The number of rotatable bonds is 3. The number of imide groups is 1. The van der Waals surface area contributed by atoms with E-state index in [2.05, 4.69) is 0 Å². The molecule has 10 heteroatoms. The van der Waals surface area contributed by atoms with Gasteiger partial charge in [-0.25, -0.2) is 9.69 Å². The summed E-state index contributed by atoms with van der Waals surface area (Å²) < 4.78 is 45.1. The Morgan fingerprint density at radius 1 is 1.17 bits per heavy atom. The summed E-state index contributed by atoms with van der Waals surface area (Å²) in [5.74, 6) is -0.392. The minimum absolute atomic E-state index is 0.209. The molecular formula is C20H15ClF3N3O3. The van der Waals surface area contributed by atoms with E-state index in [0.717, 1.165) is 17.0 Å². The third-order valence-electron chi connectivity index (χ3n) is 5.17. The summed E-state index contributed by atoms with van der Waals surface area (Å²) in [6, 6.07) is 7.87. The van der Waals surface area contributed by atoms with Crippen LogP contribution in [0.3, 0.4) is 0 Å². The molecule has 0 spiro atoms. The fourth-order valence-electron chi connectivity index (χ4n) is 3.31. The van der Waals surface area contributed by atoms with Gasteiger partial charge in [0, 0.05) is 7.05 Å².